The Balaban J connectivity index is 1.57. The fourth-order valence-corrected chi connectivity index (χ4v) is 4.31. The van der Waals surface area contributed by atoms with Gasteiger partial charge in [0.2, 0.25) is 0 Å². The van der Waals surface area contributed by atoms with E-state index in [2.05, 4.69) is 28.1 Å². The first-order chi connectivity index (χ1) is 16.7. The predicted octanol–water partition coefficient (Wildman–Crippen LogP) is 6.45. The van der Waals surface area contributed by atoms with Crippen LogP contribution in [0.15, 0.2) is 109 Å². The largest absolute Gasteiger partial charge is 0.342 e. The molecule has 0 aliphatic rings. The summed E-state index contributed by atoms with van der Waals surface area (Å²) in [5, 5.41) is 3.96. The lowest BCUT2D eigenvalue weighted by Gasteiger charge is -2.21. The summed E-state index contributed by atoms with van der Waals surface area (Å²) in [6, 6.07) is 35.1. The zero-order valence-electron chi connectivity index (χ0n) is 18.6. The first kappa shape index (κ1) is 21.9. The number of halogens is 1. The maximum absolute atomic E-state index is 13.2. The van der Waals surface area contributed by atoms with E-state index in [1.807, 2.05) is 91.0 Å². The number of benzene rings is 4. The molecule has 0 radical (unpaired) electrons. The molecule has 168 valence electrons. The molecule has 0 unspecified atom stereocenters. The summed E-state index contributed by atoms with van der Waals surface area (Å²) in [5.74, 6) is 0.705. The molecule has 0 saturated carbocycles. The van der Waals surface area contributed by atoms with Crippen LogP contribution in [0.2, 0.25) is 5.02 Å². The smallest absolute Gasteiger partial charge is 0.251 e. The highest BCUT2D eigenvalue weighted by Gasteiger charge is 2.23. The number of hydrogen-bond donors (Lipinski definition) is 1. The molecule has 1 heterocycles. The van der Waals surface area contributed by atoms with Gasteiger partial charge in [0.25, 0.3) is 5.91 Å². The lowest BCUT2D eigenvalue weighted by Crippen LogP contribution is -2.32. The van der Waals surface area contributed by atoms with Gasteiger partial charge in [0, 0.05) is 17.1 Å². The Morgan fingerprint density at radius 3 is 2.18 bits per heavy atom. The summed E-state index contributed by atoms with van der Waals surface area (Å²) in [5.41, 5.74) is 4.80. The van der Waals surface area contributed by atoms with Crippen LogP contribution in [-0.4, -0.2) is 15.5 Å². The minimum atomic E-state index is -0.310. The number of carbonyl (C=O) groups is 1. The number of hydrogen-bond acceptors (Lipinski definition) is 2. The van der Waals surface area contributed by atoms with E-state index in [1.54, 1.807) is 0 Å². The number of carbonyl (C=O) groups excluding carboxylic acids is 1. The van der Waals surface area contributed by atoms with Crippen molar-refractivity contribution < 1.29 is 4.79 Å². The lowest BCUT2D eigenvalue weighted by molar-refractivity contribution is 0.0934. The third-order valence-corrected chi connectivity index (χ3v) is 6.13. The summed E-state index contributed by atoms with van der Waals surface area (Å²) in [7, 11) is 0. The number of amides is 1. The number of nitrogens with zero attached hydrogens (tertiary/aromatic N) is 2. The van der Waals surface area contributed by atoms with Crippen molar-refractivity contribution in [2.24, 2.45) is 0 Å². The highest BCUT2D eigenvalue weighted by Crippen LogP contribution is 2.26. The molecule has 5 rings (SSSR count). The highest BCUT2D eigenvalue weighted by atomic mass is 35.5. The molecule has 1 aromatic heterocycles. The van der Waals surface area contributed by atoms with Crippen LogP contribution in [0.25, 0.3) is 11.0 Å². The van der Waals surface area contributed by atoms with Crippen LogP contribution in [0.1, 0.15) is 33.4 Å². The first-order valence-electron chi connectivity index (χ1n) is 11.3. The molecule has 0 bridgehead atoms. The van der Waals surface area contributed by atoms with Crippen LogP contribution in [-0.2, 0) is 13.0 Å². The second-order valence-electron chi connectivity index (χ2n) is 8.25. The van der Waals surface area contributed by atoms with Crippen molar-refractivity contribution in [2.75, 3.05) is 0 Å². The molecule has 4 nitrogen and oxygen atoms in total. The Labute approximate surface area is 203 Å². The van der Waals surface area contributed by atoms with Crippen LogP contribution in [0.5, 0.6) is 0 Å². The minimum absolute atomic E-state index is 0.119. The Morgan fingerprint density at radius 2 is 1.44 bits per heavy atom. The van der Waals surface area contributed by atoms with Gasteiger partial charge in [-0.1, -0.05) is 84.4 Å². The maximum Gasteiger partial charge on any atom is 0.251 e. The predicted molar refractivity (Wildman–Crippen MR) is 137 cm³/mol. The molecule has 1 amide bonds. The van der Waals surface area contributed by atoms with E-state index in [-0.39, 0.29) is 11.9 Å². The third kappa shape index (κ3) is 4.87. The van der Waals surface area contributed by atoms with E-state index >= 15 is 0 Å². The van der Waals surface area contributed by atoms with Gasteiger partial charge in [0.15, 0.2) is 0 Å². The highest BCUT2D eigenvalue weighted by molar-refractivity contribution is 6.30. The SMILES string of the molecule is O=C(N[C@H](Cc1ccccc1)c1nc2ccccc2n1Cc1ccc(Cl)cc1)c1ccccc1. The van der Waals surface area contributed by atoms with Crippen LogP contribution in [0.4, 0.5) is 0 Å². The second kappa shape index (κ2) is 9.94. The van der Waals surface area contributed by atoms with Gasteiger partial charge in [-0.05, 0) is 53.9 Å². The Morgan fingerprint density at radius 1 is 0.794 bits per heavy atom. The van der Waals surface area contributed by atoms with Crippen molar-refractivity contribution in [3.8, 4) is 0 Å². The monoisotopic (exact) mass is 465 g/mol. The second-order valence-corrected chi connectivity index (χ2v) is 8.69. The van der Waals surface area contributed by atoms with Crippen LogP contribution < -0.4 is 5.32 Å². The van der Waals surface area contributed by atoms with E-state index in [9.17, 15) is 4.79 Å². The number of fused-ring (bicyclic) bond motifs is 1. The van der Waals surface area contributed by atoms with Crippen LogP contribution in [0, 0.1) is 0 Å². The fraction of sp³-hybridized carbons (Fsp3) is 0.103. The number of aromatic nitrogens is 2. The van der Waals surface area contributed by atoms with Gasteiger partial charge in [-0.25, -0.2) is 4.98 Å². The Hall–Kier alpha value is -3.89. The molecule has 0 aliphatic heterocycles. The standard InChI is InChI=1S/C29H24ClN3O/c30-24-17-15-22(16-18-24)20-33-27-14-8-7-13-25(27)31-28(33)26(19-21-9-3-1-4-10-21)32-29(34)23-11-5-2-6-12-23/h1-18,26H,19-20H2,(H,32,34)/t26-/m1/s1. The zero-order chi connectivity index (χ0) is 23.3. The van der Waals surface area contributed by atoms with Gasteiger partial charge in [-0.15, -0.1) is 0 Å². The van der Waals surface area contributed by atoms with E-state index in [4.69, 9.17) is 16.6 Å². The van der Waals surface area contributed by atoms with Crippen molar-refractivity contribution in [1.29, 1.82) is 0 Å². The molecule has 0 fully saturated rings. The Bertz CT molecular complexity index is 1400. The fourth-order valence-electron chi connectivity index (χ4n) is 4.19. The molecule has 1 atom stereocenters. The zero-order valence-corrected chi connectivity index (χ0v) is 19.3. The van der Waals surface area contributed by atoms with Crippen molar-refractivity contribution in [1.82, 2.24) is 14.9 Å². The molecule has 34 heavy (non-hydrogen) atoms. The van der Waals surface area contributed by atoms with E-state index in [0.717, 1.165) is 28.0 Å². The molecule has 0 saturated heterocycles. The van der Waals surface area contributed by atoms with Gasteiger partial charge < -0.3 is 9.88 Å². The molecular weight excluding hydrogens is 442 g/mol. The van der Waals surface area contributed by atoms with Crippen LogP contribution >= 0.6 is 11.6 Å². The molecule has 5 aromatic rings. The number of rotatable bonds is 7. The minimum Gasteiger partial charge on any atom is -0.342 e. The van der Waals surface area contributed by atoms with Crippen LogP contribution in [0.3, 0.4) is 0 Å². The van der Waals surface area contributed by atoms with Gasteiger partial charge >= 0.3 is 0 Å². The number of imidazole rings is 1. The maximum atomic E-state index is 13.2. The van der Waals surface area contributed by atoms with Gasteiger partial charge in [0.05, 0.1) is 17.1 Å². The molecule has 0 aliphatic carbocycles. The van der Waals surface area contributed by atoms with E-state index in [0.29, 0.717) is 23.6 Å². The van der Waals surface area contributed by atoms with Gasteiger partial charge in [-0.2, -0.15) is 0 Å². The first-order valence-corrected chi connectivity index (χ1v) is 11.6. The summed E-state index contributed by atoms with van der Waals surface area (Å²) >= 11 is 6.11. The van der Waals surface area contributed by atoms with E-state index in [1.165, 1.54) is 0 Å². The number of para-hydroxylation sites is 2. The molecule has 0 spiro atoms. The van der Waals surface area contributed by atoms with E-state index < -0.39 is 0 Å². The van der Waals surface area contributed by atoms with Crippen molar-refractivity contribution in [3.05, 3.63) is 137 Å². The molecular formula is C29H24ClN3O. The summed E-state index contributed by atoms with van der Waals surface area (Å²) in [6.45, 7) is 0.625. The lowest BCUT2D eigenvalue weighted by atomic mass is 10.0. The van der Waals surface area contributed by atoms with Crippen molar-refractivity contribution >= 4 is 28.5 Å². The molecule has 5 heteroatoms. The topological polar surface area (TPSA) is 46.9 Å². The quantitative estimate of drug-likeness (QED) is 0.300. The van der Waals surface area contributed by atoms with Crippen molar-refractivity contribution in [3.63, 3.8) is 0 Å². The van der Waals surface area contributed by atoms with Gasteiger partial charge in [-0.3, -0.25) is 4.79 Å². The summed E-state index contributed by atoms with van der Waals surface area (Å²) in [4.78, 5) is 18.2. The Kier molecular flexibility index (Phi) is 6.41. The average molecular weight is 466 g/mol. The third-order valence-electron chi connectivity index (χ3n) is 5.87. The van der Waals surface area contributed by atoms with Gasteiger partial charge in [0.1, 0.15) is 5.82 Å². The number of nitrogens with one attached hydrogen (secondary N) is 1. The molecule has 1 N–H and O–H groups in total. The summed E-state index contributed by atoms with van der Waals surface area (Å²) in [6.07, 6.45) is 0.628. The average Bonchev–Trinajstić information content (AvgIpc) is 3.24. The molecule has 4 aromatic carbocycles. The summed E-state index contributed by atoms with van der Waals surface area (Å²) < 4.78 is 2.19. The normalized spacial score (nSPS) is 11.9. The van der Waals surface area contributed by atoms with Crippen molar-refractivity contribution in [2.45, 2.75) is 19.0 Å².